The number of rotatable bonds is 1. The van der Waals surface area contributed by atoms with E-state index in [9.17, 15) is 9.90 Å². The molecule has 0 aliphatic heterocycles. The quantitative estimate of drug-likeness (QED) is 0.480. The summed E-state index contributed by atoms with van der Waals surface area (Å²) in [6, 6.07) is 0. The van der Waals surface area contributed by atoms with Gasteiger partial charge in [-0.3, -0.25) is 0 Å². The van der Waals surface area contributed by atoms with Crippen molar-refractivity contribution in [2.75, 3.05) is 0 Å². The van der Waals surface area contributed by atoms with Gasteiger partial charge in [-0.2, -0.15) is 0 Å². The van der Waals surface area contributed by atoms with Crippen molar-refractivity contribution in [1.82, 2.24) is 0 Å². The van der Waals surface area contributed by atoms with Gasteiger partial charge in [0.15, 0.2) is 0 Å². The van der Waals surface area contributed by atoms with Crippen LogP contribution in [0.15, 0.2) is 11.6 Å². The molecule has 2 unspecified atom stereocenters. The Bertz CT molecular complexity index is 205. The summed E-state index contributed by atoms with van der Waals surface area (Å²) in [7, 11) is 0. The number of carbonyl (C=O) groups is 1. The van der Waals surface area contributed by atoms with Crippen molar-refractivity contribution in [1.29, 1.82) is 0 Å². The van der Waals surface area contributed by atoms with Gasteiger partial charge in [0.2, 0.25) is 0 Å². The normalized spacial score (nSPS) is 36.2. The Hall–Kier alpha value is -0.790. The number of carboxylic acid groups (broad SMARTS) is 1. The van der Waals surface area contributed by atoms with E-state index in [1.54, 1.807) is 0 Å². The zero-order valence-electron chi connectivity index (χ0n) is 5.67. The molecule has 1 saturated carbocycles. The van der Waals surface area contributed by atoms with Crippen LogP contribution >= 0.6 is 0 Å². The summed E-state index contributed by atoms with van der Waals surface area (Å²) in [6.45, 7) is 0. The minimum absolute atomic E-state index is 0.167. The standard InChI is InChI=1S/C8H10O2/c9-8(10)7-4-5-1-2-6(7)3-5/h1,6-7H,2-4H2,(H,9,10)/p-1. The molecule has 2 nitrogen and oxygen atoms in total. The molecular formula is C8H9O2-. The lowest BCUT2D eigenvalue weighted by Crippen LogP contribution is -2.33. The third-order valence-electron chi connectivity index (χ3n) is 2.59. The van der Waals surface area contributed by atoms with Gasteiger partial charge in [-0.15, -0.1) is 0 Å². The number of carboxylic acids is 1. The lowest BCUT2D eigenvalue weighted by Gasteiger charge is -2.19. The average Bonchev–Trinajstić information content (AvgIpc) is 2.44. The van der Waals surface area contributed by atoms with Crippen LogP contribution in [0.4, 0.5) is 0 Å². The van der Waals surface area contributed by atoms with E-state index in [1.165, 1.54) is 5.57 Å². The Labute approximate surface area is 59.5 Å². The van der Waals surface area contributed by atoms with Gasteiger partial charge in [0.1, 0.15) is 0 Å². The lowest BCUT2D eigenvalue weighted by molar-refractivity contribution is -0.312. The molecule has 0 amide bonds. The number of carbonyl (C=O) groups excluding carboxylic acids is 1. The van der Waals surface area contributed by atoms with Crippen LogP contribution in [0.25, 0.3) is 0 Å². The second-order valence-electron chi connectivity index (χ2n) is 3.19. The van der Waals surface area contributed by atoms with Crippen LogP contribution in [0, 0.1) is 11.8 Å². The molecule has 2 aliphatic carbocycles. The largest absolute Gasteiger partial charge is 0.550 e. The van der Waals surface area contributed by atoms with Gasteiger partial charge in [-0.05, 0) is 25.2 Å². The fourth-order valence-electron chi connectivity index (χ4n) is 2.02. The Kier molecular flexibility index (Phi) is 1.10. The summed E-state index contributed by atoms with van der Waals surface area (Å²) in [5.41, 5.74) is 1.33. The van der Waals surface area contributed by atoms with Crippen LogP contribution in [0.1, 0.15) is 19.3 Å². The van der Waals surface area contributed by atoms with Crippen molar-refractivity contribution in [3.05, 3.63) is 11.6 Å². The SMILES string of the molecule is O=C([O-])C1CC2=CCC1C2. The molecule has 0 N–H and O–H groups in total. The molecule has 10 heavy (non-hydrogen) atoms. The Morgan fingerprint density at radius 1 is 1.60 bits per heavy atom. The molecule has 54 valence electrons. The predicted molar refractivity (Wildman–Crippen MR) is 33.9 cm³/mol. The Balaban J connectivity index is 2.17. The third kappa shape index (κ3) is 0.681. The minimum atomic E-state index is -0.854. The molecule has 0 aromatic heterocycles. The first-order chi connectivity index (χ1) is 4.77. The second kappa shape index (κ2) is 1.84. The highest BCUT2D eigenvalue weighted by Crippen LogP contribution is 2.43. The van der Waals surface area contributed by atoms with E-state index in [0.29, 0.717) is 5.92 Å². The highest BCUT2D eigenvalue weighted by Gasteiger charge is 2.34. The van der Waals surface area contributed by atoms with Crippen molar-refractivity contribution >= 4 is 5.97 Å². The van der Waals surface area contributed by atoms with Gasteiger partial charge in [0, 0.05) is 11.9 Å². The Morgan fingerprint density at radius 3 is 2.70 bits per heavy atom. The van der Waals surface area contributed by atoms with Crippen LogP contribution in [-0.4, -0.2) is 5.97 Å². The van der Waals surface area contributed by atoms with Crippen LogP contribution in [0.5, 0.6) is 0 Å². The first-order valence-electron chi connectivity index (χ1n) is 3.66. The topological polar surface area (TPSA) is 40.1 Å². The number of allylic oxidation sites excluding steroid dienone is 2. The molecule has 2 heteroatoms. The van der Waals surface area contributed by atoms with Gasteiger partial charge in [0.05, 0.1) is 0 Å². The summed E-state index contributed by atoms with van der Waals surface area (Å²) in [4.78, 5) is 10.5. The number of hydrogen-bond donors (Lipinski definition) is 0. The lowest BCUT2D eigenvalue weighted by atomic mass is 9.92. The van der Waals surface area contributed by atoms with Crippen LogP contribution in [0.3, 0.4) is 0 Å². The maximum Gasteiger partial charge on any atom is 0.0451 e. The van der Waals surface area contributed by atoms with Crippen LogP contribution in [0.2, 0.25) is 0 Å². The van der Waals surface area contributed by atoms with Crippen molar-refractivity contribution < 1.29 is 9.90 Å². The fourth-order valence-corrected chi connectivity index (χ4v) is 2.02. The zero-order valence-corrected chi connectivity index (χ0v) is 5.67. The first kappa shape index (κ1) is 5.96. The van der Waals surface area contributed by atoms with Crippen LogP contribution in [-0.2, 0) is 4.79 Å². The minimum Gasteiger partial charge on any atom is -0.550 e. The monoisotopic (exact) mass is 137 g/mol. The molecule has 2 aliphatic rings. The van der Waals surface area contributed by atoms with Gasteiger partial charge >= 0.3 is 0 Å². The molecule has 2 atom stereocenters. The molecular weight excluding hydrogens is 128 g/mol. The molecule has 2 rings (SSSR count). The molecule has 0 radical (unpaired) electrons. The number of fused-ring (bicyclic) bond motifs is 2. The van der Waals surface area contributed by atoms with Gasteiger partial charge in [-0.1, -0.05) is 11.6 Å². The van der Waals surface area contributed by atoms with E-state index < -0.39 is 5.97 Å². The molecule has 2 bridgehead atoms. The predicted octanol–water partition coefficient (Wildman–Crippen LogP) is 0.0926. The summed E-state index contributed by atoms with van der Waals surface area (Å²) >= 11 is 0. The number of hydrogen-bond acceptors (Lipinski definition) is 2. The van der Waals surface area contributed by atoms with E-state index in [2.05, 4.69) is 6.08 Å². The molecule has 0 aromatic carbocycles. The van der Waals surface area contributed by atoms with Gasteiger partial charge in [0.25, 0.3) is 0 Å². The van der Waals surface area contributed by atoms with E-state index >= 15 is 0 Å². The maximum absolute atomic E-state index is 10.5. The molecule has 1 fully saturated rings. The average molecular weight is 137 g/mol. The highest BCUT2D eigenvalue weighted by atomic mass is 16.4. The summed E-state index contributed by atoms with van der Waals surface area (Å²) in [6.07, 6.45) is 4.91. The van der Waals surface area contributed by atoms with E-state index in [-0.39, 0.29) is 5.92 Å². The van der Waals surface area contributed by atoms with Gasteiger partial charge < -0.3 is 9.90 Å². The summed E-state index contributed by atoms with van der Waals surface area (Å²) in [5, 5.41) is 10.5. The Morgan fingerprint density at radius 2 is 2.40 bits per heavy atom. The van der Waals surface area contributed by atoms with Crippen molar-refractivity contribution in [2.24, 2.45) is 11.8 Å². The molecule has 0 saturated heterocycles. The molecule has 0 aromatic rings. The summed E-state index contributed by atoms with van der Waals surface area (Å²) in [5.74, 6) is -0.645. The van der Waals surface area contributed by atoms with E-state index in [0.717, 1.165) is 19.3 Å². The van der Waals surface area contributed by atoms with E-state index in [1.807, 2.05) is 0 Å². The second-order valence-corrected chi connectivity index (χ2v) is 3.19. The van der Waals surface area contributed by atoms with Crippen LogP contribution < -0.4 is 5.11 Å². The third-order valence-corrected chi connectivity index (χ3v) is 2.59. The number of aliphatic carboxylic acids is 1. The van der Waals surface area contributed by atoms with E-state index in [4.69, 9.17) is 0 Å². The fraction of sp³-hybridized carbons (Fsp3) is 0.625. The smallest absolute Gasteiger partial charge is 0.0451 e. The van der Waals surface area contributed by atoms with Gasteiger partial charge in [-0.25, -0.2) is 0 Å². The maximum atomic E-state index is 10.5. The molecule has 0 spiro atoms. The molecule has 0 heterocycles. The summed E-state index contributed by atoms with van der Waals surface area (Å²) < 4.78 is 0. The highest BCUT2D eigenvalue weighted by molar-refractivity contribution is 5.70. The van der Waals surface area contributed by atoms with Crippen molar-refractivity contribution in [3.8, 4) is 0 Å². The van der Waals surface area contributed by atoms with Crippen molar-refractivity contribution in [3.63, 3.8) is 0 Å². The van der Waals surface area contributed by atoms with Crippen molar-refractivity contribution in [2.45, 2.75) is 19.3 Å². The zero-order chi connectivity index (χ0) is 7.14. The first-order valence-corrected chi connectivity index (χ1v) is 3.66.